The molecule has 0 aromatic rings. The fourth-order valence-electron chi connectivity index (χ4n) is 1.48. The Balaban J connectivity index is 3.85. The first-order valence-electron chi connectivity index (χ1n) is 5.07. The van der Waals surface area contributed by atoms with Crippen LogP contribution in [-0.2, 0) is 0 Å². The lowest BCUT2D eigenvalue weighted by Crippen LogP contribution is -2.30. The average Bonchev–Trinajstić information content (AvgIpc) is 2.05. The normalized spacial score (nSPS) is 15.8. The average molecular weight is 204 g/mol. The highest BCUT2D eigenvalue weighted by atomic mass is 35.5. The molecule has 0 fully saturated rings. The lowest BCUT2D eigenvalue weighted by Gasteiger charge is -2.24. The minimum Gasteiger partial charge on any atom is -0.290 e. The molecule has 0 aliphatic carbocycles. The molecule has 2 heteroatoms. The predicted molar refractivity (Wildman–Crippen MR) is 61.2 cm³/mol. The van der Waals surface area contributed by atoms with E-state index < -0.39 is 0 Å². The number of nitrogens with zero attached hydrogens (tertiary/aromatic N) is 1. The van der Waals surface area contributed by atoms with Gasteiger partial charge in [0.2, 0.25) is 0 Å². The van der Waals surface area contributed by atoms with Crippen LogP contribution in [0.3, 0.4) is 0 Å². The zero-order valence-corrected chi connectivity index (χ0v) is 9.85. The first-order chi connectivity index (χ1) is 6.11. The molecule has 0 saturated carbocycles. The van der Waals surface area contributed by atoms with Gasteiger partial charge < -0.3 is 0 Å². The van der Waals surface area contributed by atoms with Gasteiger partial charge in [-0.3, -0.25) is 4.90 Å². The Morgan fingerprint density at radius 1 is 1.54 bits per heavy atom. The number of allylic oxidation sites excluding steroid dienone is 1. The van der Waals surface area contributed by atoms with Crippen molar-refractivity contribution in [2.45, 2.75) is 38.6 Å². The van der Waals surface area contributed by atoms with Crippen LogP contribution < -0.4 is 0 Å². The number of rotatable bonds is 7. The van der Waals surface area contributed by atoms with Gasteiger partial charge in [-0.05, 0) is 32.7 Å². The Hall–Kier alpha value is -0.0100. The third kappa shape index (κ3) is 6.11. The lowest BCUT2D eigenvalue weighted by atomic mass is 9.99. The van der Waals surface area contributed by atoms with Crippen molar-refractivity contribution in [1.82, 2.24) is 4.90 Å². The van der Waals surface area contributed by atoms with Crippen LogP contribution >= 0.6 is 11.6 Å². The molecule has 13 heavy (non-hydrogen) atoms. The van der Waals surface area contributed by atoms with Gasteiger partial charge in [0.15, 0.2) is 0 Å². The molecule has 0 aliphatic rings. The van der Waals surface area contributed by atoms with Gasteiger partial charge in [-0.2, -0.15) is 0 Å². The second kappa shape index (κ2) is 7.40. The van der Waals surface area contributed by atoms with Gasteiger partial charge >= 0.3 is 0 Å². The lowest BCUT2D eigenvalue weighted by molar-refractivity contribution is 0.257. The van der Waals surface area contributed by atoms with Crippen molar-refractivity contribution >= 4 is 11.6 Å². The molecule has 0 spiro atoms. The summed E-state index contributed by atoms with van der Waals surface area (Å²) in [6, 6.07) is 0. The third-order valence-electron chi connectivity index (χ3n) is 2.35. The van der Waals surface area contributed by atoms with Crippen molar-refractivity contribution in [3.8, 4) is 0 Å². The van der Waals surface area contributed by atoms with E-state index in [1.165, 1.54) is 12.8 Å². The van der Waals surface area contributed by atoms with E-state index in [4.69, 9.17) is 11.6 Å². The molecule has 2 atom stereocenters. The first-order valence-corrected chi connectivity index (χ1v) is 5.50. The molecule has 2 unspecified atom stereocenters. The molecule has 0 bridgehead atoms. The molecule has 78 valence electrons. The Bertz CT molecular complexity index is 134. The van der Waals surface area contributed by atoms with E-state index in [2.05, 4.69) is 25.5 Å². The maximum atomic E-state index is 5.97. The van der Waals surface area contributed by atoms with E-state index in [1.54, 1.807) is 0 Å². The summed E-state index contributed by atoms with van der Waals surface area (Å²) in [7, 11) is 2.07. The minimum atomic E-state index is 0.129. The van der Waals surface area contributed by atoms with Gasteiger partial charge in [0, 0.05) is 6.54 Å². The van der Waals surface area contributed by atoms with Crippen molar-refractivity contribution < 1.29 is 0 Å². The fraction of sp³-hybridized carbons (Fsp3) is 0.818. The molecule has 0 radical (unpaired) electrons. The first kappa shape index (κ1) is 13.0. The van der Waals surface area contributed by atoms with Gasteiger partial charge in [0.25, 0.3) is 0 Å². The molecule has 0 rings (SSSR count). The summed E-state index contributed by atoms with van der Waals surface area (Å²) in [6.45, 7) is 9.09. The van der Waals surface area contributed by atoms with E-state index >= 15 is 0 Å². The van der Waals surface area contributed by atoms with Gasteiger partial charge in [-0.15, -0.1) is 18.2 Å². The van der Waals surface area contributed by atoms with E-state index in [-0.39, 0.29) is 5.50 Å². The number of hydrogen-bond donors (Lipinski definition) is 0. The number of hydrogen-bond acceptors (Lipinski definition) is 1. The fourth-order valence-corrected chi connectivity index (χ4v) is 1.56. The summed E-state index contributed by atoms with van der Waals surface area (Å²) in [5.41, 5.74) is 0.129. The van der Waals surface area contributed by atoms with Gasteiger partial charge in [-0.1, -0.05) is 19.4 Å². The number of halogens is 1. The monoisotopic (exact) mass is 203 g/mol. The summed E-state index contributed by atoms with van der Waals surface area (Å²) in [5.74, 6) is 0.716. The van der Waals surface area contributed by atoms with Crippen molar-refractivity contribution in [1.29, 1.82) is 0 Å². The second-order valence-corrected chi connectivity index (χ2v) is 4.32. The van der Waals surface area contributed by atoms with Crippen LogP contribution in [0.25, 0.3) is 0 Å². The SMILES string of the molecule is C=CCC(CCC)CN(C)C(C)Cl. The largest absolute Gasteiger partial charge is 0.290 e. The zero-order chi connectivity index (χ0) is 10.3. The van der Waals surface area contributed by atoms with Crippen LogP contribution in [0.5, 0.6) is 0 Å². The van der Waals surface area contributed by atoms with Crippen LogP contribution in [0.2, 0.25) is 0 Å². The Labute approximate surface area is 87.8 Å². The molecule has 0 saturated heterocycles. The third-order valence-corrected chi connectivity index (χ3v) is 2.68. The van der Waals surface area contributed by atoms with Crippen molar-refractivity contribution in [3.05, 3.63) is 12.7 Å². The summed E-state index contributed by atoms with van der Waals surface area (Å²) in [5, 5.41) is 0. The summed E-state index contributed by atoms with van der Waals surface area (Å²) < 4.78 is 0. The highest BCUT2D eigenvalue weighted by molar-refractivity contribution is 6.20. The highest BCUT2D eigenvalue weighted by Crippen LogP contribution is 2.15. The summed E-state index contributed by atoms with van der Waals surface area (Å²) >= 11 is 5.97. The van der Waals surface area contributed by atoms with Gasteiger partial charge in [0.1, 0.15) is 0 Å². The van der Waals surface area contributed by atoms with E-state index in [1.807, 2.05) is 13.0 Å². The predicted octanol–water partition coefficient (Wildman–Crippen LogP) is 3.50. The van der Waals surface area contributed by atoms with Crippen LogP contribution in [0.1, 0.15) is 33.1 Å². The molecule has 0 heterocycles. The number of alkyl halides is 1. The molecule has 0 aliphatic heterocycles. The van der Waals surface area contributed by atoms with E-state index in [0.717, 1.165) is 13.0 Å². The van der Waals surface area contributed by atoms with E-state index in [9.17, 15) is 0 Å². The standard InChI is InChI=1S/C11H22ClN/c1-5-7-11(8-6-2)9-13(4)10(3)12/h5,10-11H,1,6-9H2,2-4H3. The molecule has 0 aromatic heterocycles. The Kier molecular flexibility index (Phi) is 7.39. The Morgan fingerprint density at radius 2 is 2.15 bits per heavy atom. The van der Waals surface area contributed by atoms with Crippen LogP contribution in [0.4, 0.5) is 0 Å². The summed E-state index contributed by atoms with van der Waals surface area (Å²) in [6.07, 6.45) is 5.61. The molecule has 1 nitrogen and oxygen atoms in total. The van der Waals surface area contributed by atoms with Crippen molar-refractivity contribution in [2.24, 2.45) is 5.92 Å². The topological polar surface area (TPSA) is 3.24 Å². The van der Waals surface area contributed by atoms with E-state index in [0.29, 0.717) is 5.92 Å². The molecular weight excluding hydrogens is 182 g/mol. The maximum absolute atomic E-state index is 5.97. The van der Waals surface area contributed by atoms with Gasteiger partial charge in [0.05, 0.1) is 5.50 Å². The second-order valence-electron chi connectivity index (χ2n) is 3.69. The van der Waals surface area contributed by atoms with Crippen molar-refractivity contribution in [3.63, 3.8) is 0 Å². The Morgan fingerprint density at radius 3 is 2.54 bits per heavy atom. The molecule has 0 amide bonds. The van der Waals surface area contributed by atoms with Gasteiger partial charge in [-0.25, -0.2) is 0 Å². The highest BCUT2D eigenvalue weighted by Gasteiger charge is 2.12. The zero-order valence-electron chi connectivity index (χ0n) is 9.09. The maximum Gasteiger partial charge on any atom is 0.0819 e. The summed E-state index contributed by atoms with van der Waals surface area (Å²) in [4.78, 5) is 2.19. The minimum absolute atomic E-state index is 0.129. The van der Waals surface area contributed by atoms with Crippen LogP contribution in [0, 0.1) is 5.92 Å². The quantitative estimate of drug-likeness (QED) is 0.348. The van der Waals surface area contributed by atoms with Crippen LogP contribution in [-0.4, -0.2) is 24.0 Å². The smallest absolute Gasteiger partial charge is 0.0819 e. The molecular formula is C11H22ClN. The van der Waals surface area contributed by atoms with Crippen LogP contribution in [0.15, 0.2) is 12.7 Å². The molecule has 0 N–H and O–H groups in total. The van der Waals surface area contributed by atoms with Crippen molar-refractivity contribution in [2.75, 3.05) is 13.6 Å². The molecule has 0 aromatic carbocycles.